The van der Waals surface area contributed by atoms with E-state index in [9.17, 15) is 0 Å². The third-order valence-electron chi connectivity index (χ3n) is 4.93. The standard InChI is InChI=1S/C24H17NS/c25-24-20-10-5-4-9-18(20)19-13-12-17(22-11-6-14-26-22)15-21(19)23(24)16-7-2-1-3-8-16/h1-15H,25H2. The van der Waals surface area contributed by atoms with Crippen LogP contribution in [0.25, 0.3) is 43.1 Å². The first-order chi connectivity index (χ1) is 12.8. The number of nitrogen functional groups attached to an aromatic ring is 1. The minimum absolute atomic E-state index is 0.850. The van der Waals surface area contributed by atoms with E-state index in [0.29, 0.717) is 0 Å². The van der Waals surface area contributed by atoms with E-state index >= 15 is 0 Å². The Bertz CT molecular complexity index is 1220. The molecule has 5 aromatic rings. The summed E-state index contributed by atoms with van der Waals surface area (Å²) in [6.45, 7) is 0. The summed E-state index contributed by atoms with van der Waals surface area (Å²) in [5.41, 5.74) is 11.1. The molecular weight excluding hydrogens is 334 g/mol. The number of nitrogens with two attached hydrogens (primary N) is 1. The van der Waals surface area contributed by atoms with Gasteiger partial charge in [-0.2, -0.15) is 0 Å². The Morgan fingerprint density at radius 3 is 2.08 bits per heavy atom. The van der Waals surface area contributed by atoms with E-state index in [1.807, 2.05) is 6.07 Å². The van der Waals surface area contributed by atoms with Crippen molar-refractivity contribution in [2.75, 3.05) is 5.73 Å². The molecule has 0 aliphatic carbocycles. The third-order valence-corrected chi connectivity index (χ3v) is 5.85. The highest BCUT2D eigenvalue weighted by atomic mass is 32.1. The molecule has 124 valence electrons. The Morgan fingerprint density at radius 2 is 1.31 bits per heavy atom. The van der Waals surface area contributed by atoms with Crippen LogP contribution < -0.4 is 5.73 Å². The molecule has 2 N–H and O–H groups in total. The molecule has 0 aliphatic heterocycles. The second-order valence-corrected chi connectivity index (χ2v) is 7.39. The lowest BCUT2D eigenvalue weighted by molar-refractivity contribution is 1.66. The van der Waals surface area contributed by atoms with Crippen LogP contribution >= 0.6 is 11.3 Å². The Labute approximate surface area is 156 Å². The van der Waals surface area contributed by atoms with E-state index in [1.165, 1.54) is 26.6 Å². The maximum Gasteiger partial charge on any atom is 0.0479 e. The SMILES string of the molecule is Nc1c(-c2ccccc2)c2cc(-c3cccs3)ccc2c2ccccc12. The Balaban J connectivity index is 1.95. The summed E-state index contributed by atoms with van der Waals surface area (Å²) in [7, 11) is 0. The largest absolute Gasteiger partial charge is 0.398 e. The quantitative estimate of drug-likeness (QED) is 0.270. The maximum absolute atomic E-state index is 6.69. The summed E-state index contributed by atoms with van der Waals surface area (Å²) in [4.78, 5) is 1.28. The van der Waals surface area contributed by atoms with Crippen LogP contribution in [0.2, 0.25) is 0 Å². The summed E-state index contributed by atoms with van der Waals surface area (Å²) in [5.74, 6) is 0. The van der Waals surface area contributed by atoms with Gasteiger partial charge in [-0.1, -0.05) is 72.8 Å². The molecule has 1 heterocycles. The number of benzene rings is 4. The third kappa shape index (κ3) is 2.31. The molecule has 0 spiro atoms. The van der Waals surface area contributed by atoms with Crippen LogP contribution in [0.4, 0.5) is 5.69 Å². The highest BCUT2D eigenvalue weighted by molar-refractivity contribution is 7.13. The second kappa shape index (κ2) is 6.01. The van der Waals surface area contributed by atoms with Crippen LogP contribution in [0.15, 0.2) is 90.3 Å². The minimum Gasteiger partial charge on any atom is -0.398 e. The molecule has 0 saturated carbocycles. The molecule has 0 radical (unpaired) electrons. The summed E-state index contributed by atoms with van der Waals surface area (Å²) >= 11 is 1.76. The van der Waals surface area contributed by atoms with E-state index in [1.54, 1.807) is 11.3 Å². The summed E-state index contributed by atoms with van der Waals surface area (Å²) in [5, 5.41) is 6.89. The van der Waals surface area contributed by atoms with Crippen molar-refractivity contribution in [3.05, 3.63) is 90.3 Å². The molecule has 0 fully saturated rings. The summed E-state index contributed by atoms with van der Waals surface area (Å²) < 4.78 is 0. The number of anilines is 1. The van der Waals surface area contributed by atoms with Gasteiger partial charge in [-0.05, 0) is 44.8 Å². The van der Waals surface area contributed by atoms with E-state index in [2.05, 4.69) is 84.2 Å². The van der Waals surface area contributed by atoms with Crippen LogP contribution in [0.3, 0.4) is 0 Å². The van der Waals surface area contributed by atoms with Gasteiger partial charge in [0.1, 0.15) is 0 Å². The fraction of sp³-hybridized carbons (Fsp3) is 0. The van der Waals surface area contributed by atoms with Gasteiger partial charge in [0.05, 0.1) is 0 Å². The lowest BCUT2D eigenvalue weighted by atomic mass is 9.90. The van der Waals surface area contributed by atoms with Gasteiger partial charge in [0.2, 0.25) is 0 Å². The van der Waals surface area contributed by atoms with Crippen molar-refractivity contribution in [1.82, 2.24) is 0 Å². The molecule has 4 aromatic carbocycles. The summed E-state index contributed by atoms with van der Waals surface area (Å²) in [6.07, 6.45) is 0. The van der Waals surface area contributed by atoms with Gasteiger partial charge in [0.15, 0.2) is 0 Å². The smallest absolute Gasteiger partial charge is 0.0479 e. The first-order valence-electron chi connectivity index (χ1n) is 8.66. The van der Waals surface area contributed by atoms with E-state index in [-0.39, 0.29) is 0 Å². The Morgan fingerprint density at radius 1 is 0.577 bits per heavy atom. The molecule has 0 amide bonds. The van der Waals surface area contributed by atoms with Gasteiger partial charge >= 0.3 is 0 Å². The molecule has 0 bridgehead atoms. The van der Waals surface area contributed by atoms with Crippen LogP contribution in [0.5, 0.6) is 0 Å². The van der Waals surface area contributed by atoms with Crippen LogP contribution in [-0.2, 0) is 0 Å². The molecule has 1 aromatic heterocycles. The molecule has 5 rings (SSSR count). The van der Waals surface area contributed by atoms with Crippen molar-refractivity contribution >= 4 is 38.6 Å². The number of hydrogen-bond donors (Lipinski definition) is 1. The number of rotatable bonds is 2. The topological polar surface area (TPSA) is 26.0 Å². The lowest BCUT2D eigenvalue weighted by Gasteiger charge is -2.16. The number of fused-ring (bicyclic) bond motifs is 3. The van der Waals surface area contributed by atoms with Crippen LogP contribution in [0, 0.1) is 0 Å². The molecular formula is C24H17NS. The van der Waals surface area contributed by atoms with Crippen molar-refractivity contribution in [2.24, 2.45) is 0 Å². The fourth-order valence-corrected chi connectivity index (χ4v) is 4.45. The maximum atomic E-state index is 6.69. The van der Waals surface area contributed by atoms with E-state index in [4.69, 9.17) is 5.73 Å². The van der Waals surface area contributed by atoms with Gasteiger partial charge in [0, 0.05) is 21.5 Å². The molecule has 1 nitrogen and oxygen atoms in total. The van der Waals surface area contributed by atoms with Crippen molar-refractivity contribution in [1.29, 1.82) is 0 Å². The van der Waals surface area contributed by atoms with Gasteiger partial charge in [-0.3, -0.25) is 0 Å². The predicted molar refractivity (Wildman–Crippen MR) is 115 cm³/mol. The van der Waals surface area contributed by atoms with Crippen LogP contribution in [0.1, 0.15) is 0 Å². The van der Waals surface area contributed by atoms with Gasteiger partial charge in [-0.15, -0.1) is 11.3 Å². The lowest BCUT2D eigenvalue weighted by Crippen LogP contribution is -1.95. The number of hydrogen-bond acceptors (Lipinski definition) is 2. The van der Waals surface area contributed by atoms with E-state index in [0.717, 1.165) is 22.2 Å². The zero-order chi connectivity index (χ0) is 17.5. The zero-order valence-electron chi connectivity index (χ0n) is 14.1. The molecule has 0 atom stereocenters. The van der Waals surface area contributed by atoms with Crippen molar-refractivity contribution < 1.29 is 0 Å². The minimum atomic E-state index is 0.850. The predicted octanol–water partition coefficient (Wildman–Crippen LogP) is 6.97. The molecule has 0 aliphatic rings. The molecule has 0 saturated heterocycles. The summed E-state index contributed by atoms with van der Waals surface area (Å²) in [6, 6.07) is 29.9. The highest BCUT2D eigenvalue weighted by Gasteiger charge is 2.14. The average molecular weight is 351 g/mol. The first-order valence-corrected chi connectivity index (χ1v) is 9.54. The number of thiophene rings is 1. The highest BCUT2D eigenvalue weighted by Crippen LogP contribution is 2.42. The van der Waals surface area contributed by atoms with E-state index < -0.39 is 0 Å². The monoisotopic (exact) mass is 351 g/mol. The van der Waals surface area contributed by atoms with Crippen LogP contribution in [-0.4, -0.2) is 0 Å². The molecule has 0 unspecified atom stereocenters. The average Bonchev–Trinajstić information content (AvgIpc) is 3.24. The van der Waals surface area contributed by atoms with Crippen molar-refractivity contribution in [2.45, 2.75) is 0 Å². The zero-order valence-corrected chi connectivity index (χ0v) is 15.0. The van der Waals surface area contributed by atoms with Crippen molar-refractivity contribution in [3.8, 4) is 21.6 Å². The van der Waals surface area contributed by atoms with Gasteiger partial charge in [0.25, 0.3) is 0 Å². The Kier molecular flexibility index (Phi) is 3.51. The molecule has 26 heavy (non-hydrogen) atoms. The normalized spacial score (nSPS) is 11.2. The fourth-order valence-electron chi connectivity index (χ4n) is 3.73. The second-order valence-electron chi connectivity index (χ2n) is 6.44. The van der Waals surface area contributed by atoms with Crippen molar-refractivity contribution in [3.63, 3.8) is 0 Å². The van der Waals surface area contributed by atoms with Gasteiger partial charge < -0.3 is 5.73 Å². The first kappa shape index (κ1) is 15.2. The molecule has 2 heteroatoms. The van der Waals surface area contributed by atoms with Gasteiger partial charge in [-0.25, -0.2) is 0 Å². The Hall–Kier alpha value is -3.10.